The normalized spacial score (nSPS) is 15.8. The van der Waals surface area contributed by atoms with Crippen LogP contribution in [0.1, 0.15) is 18.9 Å². The van der Waals surface area contributed by atoms with Crippen LogP contribution in [-0.4, -0.2) is 30.7 Å². The predicted molar refractivity (Wildman–Crippen MR) is 54.3 cm³/mol. The smallest absolute Gasteiger partial charge is 0.214 e. The second-order valence-corrected chi connectivity index (χ2v) is 5.13. The van der Waals surface area contributed by atoms with Gasteiger partial charge in [-0.3, -0.25) is 0 Å². The Labute approximate surface area is 92.7 Å². The van der Waals surface area contributed by atoms with Gasteiger partial charge in [-0.05, 0) is 6.92 Å². The monoisotopic (exact) mass is 249 g/mol. The molecule has 16 heavy (non-hydrogen) atoms. The first-order chi connectivity index (χ1) is 7.36. The Morgan fingerprint density at radius 3 is 2.31 bits per heavy atom. The Hall–Kier alpha value is -1.12. The molecule has 0 saturated carbocycles. The molecule has 2 N–H and O–H groups in total. The van der Waals surface area contributed by atoms with Crippen LogP contribution in [-0.2, 0) is 14.8 Å². The lowest BCUT2D eigenvalue weighted by Gasteiger charge is -2.19. The van der Waals surface area contributed by atoms with Crippen LogP contribution in [0.3, 0.4) is 0 Å². The highest BCUT2D eigenvalue weighted by Crippen LogP contribution is 2.20. The summed E-state index contributed by atoms with van der Waals surface area (Å²) in [5.74, 6) is -0.535. The topological polar surface area (TPSA) is 95.2 Å². The highest BCUT2D eigenvalue weighted by molar-refractivity contribution is 7.89. The van der Waals surface area contributed by atoms with Crippen LogP contribution < -0.4 is 5.14 Å². The number of methoxy groups -OCH3 is 1. The average molecular weight is 249 g/mol. The summed E-state index contributed by atoms with van der Waals surface area (Å²) in [6, 6.07) is 0. The first kappa shape index (κ1) is 12.9. The molecule has 2 atom stereocenters. The fourth-order valence-corrected chi connectivity index (χ4v) is 1.73. The summed E-state index contributed by atoms with van der Waals surface area (Å²) >= 11 is 0. The van der Waals surface area contributed by atoms with E-state index in [9.17, 15) is 12.8 Å². The van der Waals surface area contributed by atoms with E-state index in [0.29, 0.717) is 0 Å². The number of halogens is 1. The zero-order chi connectivity index (χ0) is 12.3. The van der Waals surface area contributed by atoms with Crippen molar-refractivity contribution in [2.75, 3.05) is 7.11 Å². The summed E-state index contributed by atoms with van der Waals surface area (Å²) in [4.78, 5) is 7.31. The maximum Gasteiger partial charge on any atom is 0.214 e. The van der Waals surface area contributed by atoms with E-state index in [-0.39, 0.29) is 5.82 Å². The van der Waals surface area contributed by atoms with Crippen molar-refractivity contribution in [3.8, 4) is 0 Å². The Morgan fingerprint density at radius 2 is 1.94 bits per heavy atom. The molecule has 1 aromatic rings. The zero-order valence-corrected chi connectivity index (χ0v) is 9.61. The molecule has 1 heterocycles. The summed E-state index contributed by atoms with van der Waals surface area (Å²) in [5.41, 5.74) is 0. The highest BCUT2D eigenvalue weighted by Gasteiger charge is 2.30. The Morgan fingerprint density at radius 1 is 1.44 bits per heavy atom. The van der Waals surface area contributed by atoms with E-state index in [0.717, 1.165) is 12.4 Å². The fraction of sp³-hybridized carbons (Fsp3) is 0.500. The van der Waals surface area contributed by atoms with Gasteiger partial charge in [0, 0.05) is 7.11 Å². The van der Waals surface area contributed by atoms with Crippen molar-refractivity contribution in [2.24, 2.45) is 5.14 Å². The zero-order valence-electron chi connectivity index (χ0n) is 8.79. The summed E-state index contributed by atoms with van der Waals surface area (Å²) in [6.45, 7) is 1.37. The number of nitrogens with zero attached hydrogens (tertiary/aromatic N) is 2. The molecule has 0 saturated heterocycles. The number of rotatable bonds is 4. The van der Waals surface area contributed by atoms with Crippen molar-refractivity contribution in [2.45, 2.75) is 18.3 Å². The number of sulfonamides is 1. The lowest BCUT2D eigenvalue weighted by Crippen LogP contribution is -2.33. The van der Waals surface area contributed by atoms with Crippen molar-refractivity contribution in [1.82, 2.24) is 9.97 Å². The third kappa shape index (κ3) is 2.94. The molecule has 0 aromatic carbocycles. The van der Waals surface area contributed by atoms with E-state index < -0.39 is 27.2 Å². The van der Waals surface area contributed by atoms with Crippen LogP contribution >= 0.6 is 0 Å². The van der Waals surface area contributed by atoms with E-state index in [4.69, 9.17) is 9.88 Å². The maximum atomic E-state index is 12.6. The molecule has 0 unspecified atom stereocenters. The second kappa shape index (κ2) is 4.81. The molecule has 90 valence electrons. The van der Waals surface area contributed by atoms with Crippen LogP contribution in [0.4, 0.5) is 4.39 Å². The van der Waals surface area contributed by atoms with Crippen molar-refractivity contribution in [3.05, 3.63) is 24.0 Å². The number of ether oxygens (including phenoxy) is 1. The second-order valence-electron chi connectivity index (χ2n) is 3.21. The number of hydrogen-bond acceptors (Lipinski definition) is 5. The van der Waals surface area contributed by atoms with Gasteiger partial charge in [-0.2, -0.15) is 0 Å². The molecule has 0 aliphatic carbocycles. The molecule has 0 amide bonds. The Kier molecular flexibility index (Phi) is 3.89. The first-order valence-corrected chi connectivity index (χ1v) is 5.99. The molecule has 8 heteroatoms. The van der Waals surface area contributed by atoms with E-state index >= 15 is 0 Å². The van der Waals surface area contributed by atoms with Crippen LogP contribution in [0, 0.1) is 5.82 Å². The molecule has 0 aliphatic heterocycles. The quantitative estimate of drug-likeness (QED) is 0.809. The molecule has 1 rings (SSSR count). The van der Waals surface area contributed by atoms with Gasteiger partial charge in [0.25, 0.3) is 0 Å². The van der Waals surface area contributed by atoms with E-state index in [1.807, 2.05) is 0 Å². The molecule has 0 aliphatic rings. The molecule has 1 aromatic heterocycles. The van der Waals surface area contributed by atoms with Crippen molar-refractivity contribution >= 4 is 10.0 Å². The summed E-state index contributed by atoms with van der Waals surface area (Å²) in [6.07, 6.45) is 0.949. The minimum atomic E-state index is -3.77. The van der Waals surface area contributed by atoms with Gasteiger partial charge < -0.3 is 4.74 Å². The maximum absolute atomic E-state index is 12.6. The molecule has 0 radical (unpaired) electrons. The number of nitrogens with two attached hydrogens (primary N) is 1. The third-order valence-electron chi connectivity index (χ3n) is 2.09. The molecular weight excluding hydrogens is 237 g/mol. The number of aromatic nitrogens is 2. The highest BCUT2D eigenvalue weighted by atomic mass is 32.2. The third-order valence-corrected chi connectivity index (χ3v) is 3.38. The van der Waals surface area contributed by atoms with Gasteiger partial charge in [0.2, 0.25) is 10.0 Å². The SMILES string of the molecule is CO[C@@H](c1ncc(F)cn1)[C@@H](C)S(N)(=O)=O. The molecule has 0 spiro atoms. The summed E-state index contributed by atoms with van der Waals surface area (Å²) in [7, 11) is -2.47. The van der Waals surface area contributed by atoms with Crippen LogP contribution in [0.2, 0.25) is 0 Å². The van der Waals surface area contributed by atoms with Crippen molar-refractivity contribution in [1.29, 1.82) is 0 Å². The van der Waals surface area contributed by atoms with E-state index in [1.54, 1.807) is 0 Å². The Bertz CT molecular complexity index is 448. The lowest BCUT2D eigenvalue weighted by molar-refractivity contribution is 0.0946. The summed E-state index contributed by atoms with van der Waals surface area (Å²) < 4.78 is 39.8. The predicted octanol–water partition coefficient (Wildman–Crippen LogP) is -0.0198. The van der Waals surface area contributed by atoms with Crippen LogP contribution in [0.5, 0.6) is 0 Å². The van der Waals surface area contributed by atoms with Gasteiger partial charge >= 0.3 is 0 Å². The first-order valence-electron chi connectivity index (χ1n) is 4.38. The summed E-state index contributed by atoms with van der Waals surface area (Å²) in [5, 5.41) is 3.97. The number of primary sulfonamides is 1. The van der Waals surface area contributed by atoms with Gasteiger partial charge in [-0.15, -0.1) is 0 Å². The minimum Gasteiger partial charge on any atom is -0.372 e. The van der Waals surface area contributed by atoms with Gasteiger partial charge in [0.15, 0.2) is 11.6 Å². The largest absolute Gasteiger partial charge is 0.372 e. The Balaban J connectivity index is 3.03. The van der Waals surface area contributed by atoms with Gasteiger partial charge in [-0.25, -0.2) is 27.9 Å². The van der Waals surface area contributed by atoms with Gasteiger partial charge in [-0.1, -0.05) is 0 Å². The standard InChI is InChI=1S/C8H12FN3O3S/c1-5(16(10,13)14)7(15-2)8-11-3-6(9)4-12-8/h3-5,7H,1-2H3,(H2,10,13,14)/t5-,7-/m1/s1. The minimum absolute atomic E-state index is 0.0745. The molecule has 0 fully saturated rings. The molecule has 0 bridgehead atoms. The molecule has 6 nitrogen and oxygen atoms in total. The van der Waals surface area contributed by atoms with Crippen LogP contribution in [0.25, 0.3) is 0 Å². The fourth-order valence-electron chi connectivity index (χ4n) is 1.15. The van der Waals surface area contributed by atoms with E-state index in [1.165, 1.54) is 14.0 Å². The van der Waals surface area contributed by atoms with Crippen LogP contribution in [0.15, 0.2) is 12.4 Å². The average Bonchev–Trinajstić information content (AvgIpc) is 2.20. The van der Waals surface area contributed by atoms with Crippen molar-refractivity contribution in [3.63, 3.8) is 0 Å². The van der Waals surface area contributed by atoms with Crippen molar-refractivity contribution < 1.29 is 17.5 Å². The molecular formula is C8H12FN3O3S. The lowest BCUT2D eigenvalue weighted by atomic mass is 10.2. The van der Waals surface area contributed by atoms with Gasteiger partial charge in [0.05, 0.1) is 12.4 Å². The number of hydrogen-bond donors (Lipinski definition) is 1. The van der Waals surface area contributed by atoms with E-state index in [2.05, 4.69) is 9.97 Å². The van der Waals surface area contributed by atoms with Gasteiger partial charge in [0.1, 0.15) is 11.4 Å².